The highest BCUT2D eigenvalue weighted by molar-refractivity contribution is 5.69. The quantitative estimate of drug-likeness (QED) is 0.446. The summed E-state index contributed by atoms with van der Waals surface area (Å²) in [6, 6.07) is 0.195. The molecule has 38 heavy (non-hydrogen) atoms. The van der Waals surface area contributed by atoms with Crippen molar-refractivity contribution in [1.29, 1.82) is 0 Å². The van der Waals surface area contributed by atoms with Crippen LogP contribution in [0.25, 0.3) is 0 Å². The lowest BCUT2D eigenvalue weighted by atomic mass is 9.93. The molecule has 9 heteroatoms. The Hall–Kier alpha value is -1.81. The second kappa shape index (κ2) is 13.0. The summed E-state index contributed by atoms with van der Waals surface area (Å²) < 4.78 is 46.9. The standard InChI is InChI=1S/C29H48F2N2O5/c1-17(2)10-11-20-21(30)12-19(13-22(20)31)14-23(32)25(34)24-15-36-26(37-16-28(4,5)6)18(3)33(24)27(35)38-29(7,8)9/h12-13,17-18,23-26,34H,10-11,14-16,32H2,1-9H3. The molecule has 0 saturated carbocycles. The van der Waals surface area contributed by atoms with E-state index in [1.165, 1.54) is 17.0 Å². The number of carbonyl (C=O) groups excluding carboxylic acids is 1. The molecule has 1 aromatic carbocycles. The fourth-order valence-electron chi connectivity index (χ4n) is 4.37. The van der Waals surface area contributed by atoms with Crippen LogP contribution in [0.4, 0.5) is 13.6 Å². The Kier molecular flexibility index (Phi) is 11.1. The van der Waals surface area contributed by atoms with E-state index in [2.05, 4.69) is 0 Å². The van der Waals surface area contributed by atoms with Gasteiger partial charge in [0.2, 0.25) is 0 Å². The van der Waals surface area contributed by atoms with Gasteiger partial charge in [-0.25, -0.2) is 13.6 Å². The Morgan fingerprint density at radius 1 is 1.18 bits per heavy atom. The Balaban J connectivity index is 2.22. The highest BCUT2D eigenvalue weighted by Gasteiger charge is 2.45. The van der Waals surface area contributed by atoms with Gasteiger partial charge in [-0.2, -0.15) is 0 Å². The summed E-state index contributed by atoms with van der Waals surface area (Å²) in [7, 11) is 0. The van der Waals surface area contributed by atoms with Gasteiger partial charge in [0.05, 0.1) is 31.4 Å². The highest BCUT2D eigenvalue weighted by atomic mass is 19.1. The second-order valence-electron chi connectivity index (χ2n) is 13.1. The van der Waals surface area contributed by atoms with Crippen molar-refractivity contribution in [2.24, 2.45) is 17.1 Å². The van der Waals surface area contributed by atoms with Gasteiger partial charge in [0.15, 0.2) is 6.29 Å². The zero-order valence-electron chi connectivity index (χ0n) is 24.5. The Morgan fingerprint density at radius 2 is 1.76 bits per heavy atom. The molecule has 0 radical (unpaired) electrons. The van der Waals surface area contributed by atoms with Crippen LogP contribution in [-0.2, 0) is 27.1 Å². The van der Waals surface area contributed by atoms with Crippen molar-refractivity contribution in [3.63, 3.8) is 0 Å². The molecule has 3 N–H and O–H groups in total. The number of aliphatic hydroxyl groups is 1. The van der Waals surface area contributed by atoms with Crippen LogP contribution < -0.4 is 5.73 Å². The number of benzene rings is 1. The van der Waals surface area contributed by atoms with E-state index in [0.717, 1.165) is 0 Å². The van der Waals surface area contributed by atoms with Crippen LogP contribution in [0.5, 0.6) is 0 Å². The van der Waals surface area contributed by atoms with Gasteiger partial charge in [-0.15, -0.1) is 0 Å². The zero-order chi connectivity index (χ0) is 29.0. The predicted molar refractivity (Wildman–Crippen MR) is 144 cm³/mol. The van der Waals surface area contributed by atoms with Crippen LogP contribution >= 0.6 is 0 Å². The summed E-state index contributed by atoms with van der Waals surface area (Å²) in [5.41, 5.74) is 5.85. The van der Waals surface area contributed by atoms with Gasteiger partial charge >= 0.3 is 6.09 Å². The molecule has 0 aromatic heterocycles. The number of amides is 1. The third-order valence-corrected chi connectivity index (χ3v) is 6.38. The summed E-state index contributed by atoms with van der Waals surface area (Å²) in [4.78, 5) is 14.7. The second-order valence-corrected chi connectivity index (χ2v) is 13.1. The van der Waals surface area contributed by atoms with Crippen molar-refractivity contribution < 1.29 is 32.9 Å². The number of morpholine rings is 1. The molecule has 1 fully saturated rings. The number of hydrogen-bond donors (Lipinski definition) is 2. The van der Waals surface area contributed by atoms with E-state index in [4.69, 9.17) is 19.9 Å². The summed E-state index contributed by atoms with van der Waals surface area (Å²) in [6.07, 6.45) is -1.60. The summed E-state index contributed by atoms with van der Waals surface area (Å²) in [5.74, 6) is -0.916. The number of ether oxygens (including phenoxy) is 3. The van der Waals surface area contributed by atoms with Gasteiger partial charge in [-0.1, -0.05) is 34.6 Å². The van der Waals surface area contributed by atoms with Crippen molar-refractivity contribution in [2.45, 2.75) is 118 Å². The smallest absolute Gasteiger partial charge is 0.411 e. The van der Waals surface area contributed by atoms with Crippen LogP contribution in [-0.4, -0.2) is 65.4 Å². The van der Waals surface area contributed by atoms with Gasteiger partial charge in [-0.3, -0.25) is 4.90 Å². The average Bonchev–Trinajstić information content (AvgIpc) is 2.74. The molecule has 1 heterocycles. The molecule has 5 atom stereocenters. The first-order valence-corrected chi connectivity index (χ1v) is 13.5. The van der Waals surface area contributed by atoms with Gasteiger partial charge in [0, 0.05) is 11.6 Å². The number of halogens is 2. The van der Waals surface area contributed by atoms with Crippen molar-refractivity contribution in [2.75, 3.05) is 13.2 Å². The maximum atomic E-state index is 14.7. The third-order valence-electron chi connectivity index (χ3n) is 6.38. The fourth-order valence-corrected chi connectivity index (χ4v) is 4.37. The number of aliphatic hydroxyl groups excluding tert-OH is 1. The molecular weight excluding hydrogens is 494 g/mol. The van der Waals surface area contributed by atoms with E-state index in [1.54, 1.807) is 27.7 Å². The lowest BCUT2D eigenvalue weighted by Gasteiger charge is -2.47. The minimum absolute atomic E-state index is 0.0104. The normalized spacial score (nSPS) is 22.5. The first kappa shape index (κ1) is 32.4. The Labute approximate surface area is 227 Å². The predicted octanol–water partition coefficient (Wildman–Crippen LogP) is 5.20. The molecule has 218 valence electrons. The third kappa shape index (κ3) is 9.43. The topological polar surface area (TPSA) is 94.3 Å². The summed E-state index contributed by atoms with van der Waals surface area (Å²) in [5, 5.41) is 11.2. The maximum Gasteiger partial charge on any atom is 0.411 e. The first-order chi connectivity index (χ1) is 17.4. The largest absolute Gasteiger partial charge is 0.444 e. The van der Waals surface area contributed by atoms with E-state index >= 15 is 0 Å². The van der Waals surface area contributed by atoms with Crippen LogP contribution in [0.3, 0.4) is 0 Å². The number of rotatable bonds is 9. The van der Waals surface area contributed by atoms with Crippen LogP contribution in [0, 0.1) is 23.0 Å². The fraction of sp³-hybridized carbons (Fsp3) is 0.759. The monoisotopic (exact) mass is 542 g/mol. The summed E-state index contributed by atoms with van der Waals surface area (Å²) >= 11 is 0. The number of hydrogen-bond acceptors (Lipinski definition) is 6. The molecule has 0 bridgehead atoms. The van der Waals surface area contributed by atoms with Crippen LogP contribution in [0.1, 0.15) is 79.9 Å². The van der Waals surface area contributed by atoms with Gasteiger partial charge in [0.25, 0.3) is 0 Å². The van der Waals surface area contributed by atoms with Crippen molar-refractivity contribution >= 4 is 6.09 Å². The van der Waals surface area contributed by atoms with E-state index in [1.807, 2.05) is 34.6 Å². The number of nitrogens with two attached hydrogens (primary N) is 1. The molecule has 1 saturated heterocycles. The molecule has 2 rings (SSSR count). The molecule has 1 amide bonds. The van der Waals surface area contributed by atoms with Gasteiger partial charge < -0.3 is 25.1 Å². The first-order valence-electron chi connectivity index (χ1n) is 13.5. The van der Waals surface area contributed by atoms with E-state index in [0.29, 0.717) is 30.9 Å². The Morgan fingerprint density at radius 3 is 2.26 bits per heavy atom. The lowest BCUT2D eigenvalue weighted by molar-refractivity contribution is -0.233. The van der Waals surface area contributed by atoms with Crippen LogP contribution in [0.2, 0.25) is 0 Å². The molecule has 1 aliphatic heterocycles. The zero-order valence-corrected chi connectivity index (χ0v) is 24.5. The van der Waals surface area contributed by atoms with Crippen molar-refractivity contribution in [3.05, 3.63) is 34.9 Å². The molecule has 7 nitrogen and oxygen atoms in total. The minimum Gasteiger partial charge on any atom is -0.444 e. The highest BCUT2D eigenvalue weighted by Crippen LogP contribution is 2.28. The molecule has 0 aliphatic carbocycles. The number of carbonyl (C=O) groups is 1. The van der Waals surface area contributed by atoms with Crippen molar-refractivity contribution in [3.8, 4) is 0 Å². The van der Waals surface area contributed by atoms with E-state index in [9.17, 15) is 18.7 Å². The Bertz CT molecular complexity index is 906. The molecular formula is C29H48F2N2O5. The summed E-state index contributed by atoms with van der Waals surface area (Å²) in [6.45, 7) is 17.5. The van der Waals surface area contributed by atoms with E-state index in [-0.39, 0.29) is 24.0 Å². The number of nitrogens with zero attached hydrogens (tertiary/aromatic N) is 1. The van der Waals surface area contributed by atoms with Crippen molar-refractivity contribution in [1.82, 2.24) is 4.90 Å². The van der Waals surface area contributed by atoms with Crippen LogP contribution in [0.15, 0.2) is 12.1 Å². The molecule has 0 spiro atoms. The maximum absolute atomic E-state index is 14.7. The molecule has 5 unspecified atom stereocenters. The minimum atomic E-state index is -1.25. The lowest BCUT2D eigenvalue weighted by Crippen LogP contribution is -2.65. The SMILES string of the molecule is CC(C)CCc1c(F)cc(CC(N)C(O)C2COC(OCC(C)(C)C)C(C)N2C(=O)OC(C)(C)C)cc1F. The average molecular weight is 543 g/mol. The van der Waals surface area contributed by atoms with Gasteiger partial charge in [0.1, 0.15) is 17.2 Å². The van der Waals surface area contributed by atoms with E-state index < -0.39 is 53.8 Å². The van der Waals surface area contributed by atoms with Gasteiger partial charge in [-0.05, 0) is 76.0 Å². The molecule has 1 aromatic rings. The molecule has 1 aliphatic rings.